The van der Waals surface area contributed by atoms with Crippen molar-refractivity contribution in [2.75, 3.05) is 11.9 Å². The van der Waals surface area contributed by atoms with Crippen LogP contribution in [-0.4, -0.2) is 6.54 Å². The van der Waals surface area contributed by atoms with Crippen molar-refractivity contribution in [1.82, 2.24) is 0 Å². The van der Waals surface area contributed by atoms with Crippen LogP contribution in [0, 0.1) is 0 Å². The third kappa shape index (κ3) is 3.95. The predicted molar refractivity (Wildman–Crippen MR) is 94.3 cm³/mol. The molecule has 0 spiro atoms. The van der Waals surface area contributed by atoms with Crippen molar-refractivity contribution in [2.24, 2.45) is 5.73 Å². The third-order valence-corrected chi connectivity index (χ3v) is 7.09. The summed E-state index contributed by atoms with van der Waals surface area (Å²) in [6.45, 7) is 0.514. The van der Waals surface area contributed by atoms with Crippen LogP contribution >= 0.6 is 70.7 Å². The van der Waals surface area contributed by atoms with Gasteiger partial charge in [0.25, 0.3) is 0 Å². The van der Waals surface area contributed by atoms with Crippen LogP contribution in [0.25, 0.3) is 0 Å². The number of nitrogens with one attached hydrogen (secondary N) is 1. The van der Waals surface area contributed by atoms with Crippen molar-refractivity contribution in [2.45, 2.75) is 6.04 Å². The van der Waals surface area contributed by atoms with E-state index in [0.29, 0.717) is 11.6 Å². The average molecular weight is 489 g/mol. The van der Waals surface area contributed by atoms with Gasteiger partial charge in [-0.2, -0.15) is 0 Å². The molecule has 2 nitrogen and oxygen atoms in total. The molecule has 1 aromatic carbocycles. The van der Waals surface area contributed by atoms with Crippen LogP contribution in [0.3, 0.4) is 0 Å². The highest BCUT2D eigenvalue weighted by atomic mass is 79.9. The van der Waals surface area contributed by atoms with Gasteiger partial charge in [-0.3, -0.25) is 0 Å². The van der Waals surface area contributed by atoms with E-state index in [2.05, 4.69) is 59.2 Å². The Bertz CT molecular complexity index is 569. The van der Waals surface area contributed by atoms with Crippen LogP contribution < -0.4 is 11.1 Å². The monoisotopic (exact) mass is 486 g/mol. The van der Waals surface area contributed by atoms with Gasteiger partial charge < -0.3 is 11.1 Å². The van der Waals surface area contributed by atoms with Crippen LogP contribution in [0.5, 0.6) is 0 Å². The van der Waals surface area contributed by atoms with Gasteiger partial charge in [-0.25, -0.2) is 0 Å². The first-order valence-corrected chi connectivity index (χ1v) is 8.95. The van der Waals surface area contributed by atoms with Gasteiger partial charge >= 0.3 is 0 Å². The topological polar surface area (TPSA) is 38.0 Å². The molecule has 19 heavy (non-hydrogen) atoms. The van der Waals surface area contributed by atoms with E-state index in [0.717, 1.165) is 18.4 Å². The molecular formula is C12H10Br3ClN2S. The number of halogens is 4. The number of anilines is 1. The summed E-state index contributed by atoms with van der Waals surface area (Å²) in [5.41, 5.74) is 6.83. The zero-order valence-corrected chi connectivity index (χ0v) is 15.9. The molecule has 0 amide bonds. The van der Waals surface area contributed by atoms with Gasteiger partial charge in [0, 0.05) is 26.1 Å². The van der Waals surface area contributed by atoms with Crippen molar-refractivity contribution in [1.29, 1.82) is 0 Å². The zero-order valence-electron chi connectivity index (χ0n) is 9.59. The predicted octanol–water partition coefficient (Wildman–Crippen LogP) is 5.80. The lowest BCUT2D eigenvalue weighted by Gasteiger charge is -2.17. The molecule has 2 rings (SSSR count). The minimum Gasteiger partial charge on any atom is -0.376 e. The maximum atomic E-state index is 5.98. The van der Waals surface area contributed by atoms with Crippen molar-refractivity contribution in [3.05, 3.63) is 46.9 Å². The maximum absolute atomic E-state index is 5.98. The molecule has 0 aliphatic heterocycles. The summed E-state index contributed by atoms with van der Waals surface area (Å²) in [6.07, 6.45) is 0. The second-order valence-electron chi connectivity index (χ2n) is 3.83. The maximum Gasteiger partial charge on any atom is 0.0844 e. The summed E-state index contributed by atoms with van der Waals surface area (Å²) < 4.78 is 2.98. The molecular weight excluding hydrogens is 479 g/mol. The Kier molecular flexibility index (Phi) is 5.75. The Hall–Kier alpha value is 0.410. The van der Waals surface area contributed by atoms with E-state index < -0.39 is 0 Å². The second-order valence-corrected chi connectivity index (χ2v) is 8.35. The van der Waals surface area contributed by atoms with E-state index in [1.165, 1.54) is 4.88 Å². The normalized spacial score (nSPS) is 12.5. The Morgan fingerprint density at radius 3 is 2.47 bits per heavy atom. The molecule has 1 heterocycles. The Morgan fingerprint density at radius 2 is 1.95 bits per heavy atom. The van der Waals surface area contributed by atoms with E-state index >= 15 is 0 Å². The van der Waals surface area contributed by atoms with Crippen LogP contribution in [0.4, 0.5) is 5.69 Å². The molecule has 1 atom stereocenters. The number of hydrogen-bond donors (Lipinski definition) is 2. The molecule has 0 saturated heterocycles. The van der Waals surface area contributed by atoms with Crippen molar-refractivity contribution >= 4 is 76.4 Å². The number of rotatable bonds is 4. The number of thiophene rings is 1. The molecule has 0 aliphatic rings. The van der Waals surface area contributed by atoms with Gasteiger partial charge in [0.2, 0.25) is 0 Å². The molecule has 3 N–H and O–H groups in total. The molecule has 0 fully saturated rings. The van der Waals surface area contributed by atoms with E-state index in [9.17, 15) is 0 Å². The molecule has 2 aromatic rings. The fraction of sp³-hybridized carbons (Fsp3) is 0.167. The smallest absolute Gasteiger partial charge is 0.0844 e. The average Bonchev–Trinajstić information content (AvgIpc) is 2.71. The molecule has 0 aliphatic carbocycles. The molecule has 1 unspecified atom stereocenters. The van der Waals surface area contributed by atoms with Crippen molar-refractivity contribution < 1.29 is 0 Å². The fourth-order valence-corrected chi connectivity index (χ4v) is 4.22. The van der Waals surface area contributed by atoms with Gasteiger partial charge in [0.05, 0.1) is 14.9 Å². The number of benzene rings is 1. The molecule has 0 saturated carbocycles. The number of nitrogens with two attached hydrogens (primary N) is 1. The summed E-state index contributed by atoms with van der Waals surface area (Å²) in [5, 5.41) is 4.10. The Morgan fingerprint density at radius 1 is 1.21 bits per heavy atom. The fourth-order valence-electron chi connectivity index (χ4n) is 1.57. The van der Waals surface area contributed by atoms with Crippen molar-refractivity contribution in [3.8, 4) is 0 Å². The van der Waals surface area contributed by atoms with Gasteiger partial charge in [0.15, 0.2) is 0 Å². The number of hydrogen-bond acceptors (Lipinski definition) is 3. The van der Waals surface area contributed by atoms with E-state index in [-0.39, 0.29) is 6.04 Å². The van der Waals surface area contributed by atoms with Crippen LogP contribution in [-0.2, 0) is 0 Å². The highest BCUT2D eigenvalue weighted by molar-refractivity contribution is 9.13. The second kappa shape index (κ2) is 6.91. The quantitative estimate of drug-likeness (QED) is 0.570. The summed E-state index contributed by atoms with van der Waals surface area (Å²) in [5.74, 6) is 0. The molecule has 0 bridgehead atoms. The van der Waals surface area contributed by atoms with Gasteiger partial charge in [-0.1, -0.05) is 11.6 Å². The van der Waals surface area contributed by atoms with Gasteiger partial charge in [0.1, 0.15) is 0 Å². The first-order chi connectivity index (χ1) is 9.01. The largest absolute Gasteiger partial charge is 0.376 e. The lowest BCUT2D eigenvalue weighted by molar-refractivity contribution is 0.805. The minimum absolute atomic E-state index is 0.0701. The van der Waals surface area contributed by atoms with E-state index in [1.807, 2.05) is 18.2 Å². The lowest BCUT2D eigenvalue weighted by atomic mass is 10.2. The summed E-state index contributed by atoms with van der Waals surface area (Å²) in [4.78, 5) is 1.17. The standard InChI is InChI=1S/C12H10Br3ClN2S/c13-7-3-6(1-2-9(7)16)18-10(5-17)11-4-8(14)12(15)19-11/h1-4,10,18H,5,17H2. The van der Waals surface area contributed by atoms with Gasteiger partial charge in [-0.15, -0.1) is 11.3 Å². The highest BCUT2D eigenvalue weighted by Crippen LogP contribution is 2.36. The van der Waals surface area contributed by atoms with Crippen molar-refractivity contribution in [3.63, 3.8) is 0 Å². The van der Waals surface area contributed by atoms with E-state index in [4.69, 9.17) is 17.3 Å². The van der Waals surface area contributed by atoms with Crippen LogP contribution in [0.2, 0.25) is 5.02 Å². The lowest BCUT2D eigenvalue weighted by Crippen LogP contribution is -2.19. The Balaban J connectivity index is 2.21. The summed E-state index contributed by atoms with van der Waals surface area (Å²) in [6, 6.07) is 7.88. The van der Waals surface area contributed by atoms with Crippen LogP contribution in [0.1, 0.15) is 10.9 Å². The first-order valence-electron chi connectivity index (χ1n) is 5.37. The molecule has 0 radical (unpaired) electrons. The molecule has 7 heteroatoms. The molecule has 102 valence electrons. The minimum atomic E-state index is 0.0701. The molecule has 1 aromatic heterocycles. The summed E-state index contributed by atoms with van der Waals surface area (Å²) >= 11 is 18.0. The third-order valence-electron chi connectivity index (χ3n) is 2.50. The van der Waals surface area contributed by atoms with E-state index in [1.54, 1.807) is 11.3 Å². The van der Waals surface area contributed by atoms with Crippen LogP contribution in [0.15, 0.2) is 37.0 Å². The first kappa shape index (κ1) is 15.8. The van der Waals surface area contributed by atoms with Gasteiger partial charge in [-0.05, 0) is 72.1 Å². The SMILES string of the molecule is NCC(Nc1ccc(Cl)c(Br)c1)c1cc(Br)c(Br)s1. The highest BCUT2D eigenvalue weighted by Gasteiger charge is 2.14. The summed E-state index contributed by atoms with van der Waals surface area (Å²) in [7, 11) is 0. The Labute approximate surface area is 146 Å². The zero-order chi connectivity index (χ0) is 14.0.